The number of nitrogens with zero attached hydrogens (tertiary/aromatic N) is 2. The Labute approximate surface area is 156 Å². The first-order chi connectivity index (χ1) is 12.9. The lowest BCUT2D eigenvalue weighted by Gasteiger charge is -2.22. The van der Waals surface area contributed by atoms with Crippen molar-refractivity contribution in [3.8, 4) is 5.75 Å². The maximum atomic E-state index is 12.9. The molecule has 10 heteroatoms. The van der Waals surface area contributed by atoms with Crippen molar-refractivity contribution in [2.24, 2.45) is 0 Å². The van der Waals surface area contributed by atoms with E-state index in [2.05, 4.69) is 9.71 Å². The molecular formula is C17H20FN3O5S. The molecule has 146 valence electrons. The Hall–Kier alpha value is -2.56. The number of aromatic nitrogens is 1. The zero-order chi connectivity index (χ0) is 19.9. The topological polar surface area (TPSA) is 109 Å². The number of carbonyl (C=O) groups is 1. The lowest BCUT2D eigenvalue weighted by Crippen LogP contribution is -2.47. The Morgan fingerprint density at radius 3 is 2.59 bits per heavy atom. The molecule has 0 radical (unpaired) electrons. The predicted octanol–water partition coefficient (Wildman–Crippen LogP) is 1.51. The summed E-state index contributed by atoms with van der Waals surface area (Å²) in [5, 5.41) is 10.3. The third-order valence-electron chi connectivity index (χ3n) is 3.67. The fourth-order valence-corrected chi connectivity index (χ4v) is 3.50. The molecule has 0 saturated carbocycles. The number of benzene rings is 1. The molecule has 0 aliphatic carbocycles. The molecule has 0 spiro atoms. The van der Waals surface area contributed by atoms with Gasteiger partial charge in [0.2, 0.25) is 10.0 Å². The van der Waals surface area contributed by atoms with Gasteiger partial charge in [-0.3, -0.25) is 19.4 Å². The molecule has 0 fully saturated rings. The van der Waals surface area contributed by atoms with Crippen LogP contribution in [0, 0.1) is 0 Å². The van der Waals surface area contributed by atoms with Crippen LogP contribution in [-0.4, -0.2) is 49.4 Å². The van der Waals surface area contributed by atoms with Crippen molar-refractivity contribution in [2.45, 2.75) is 23.9 Å². The molecule has 2 rings (SSSR count). The van der Waals surface area contributed by atoms with E-state index in [4.69, 9.17) is 4.74 Å². The molecule has 1 amide bonds. The number of rotatable bonds is 9. The minimum Gasteiger partial charge on any atom is -0.497 e. The van der Waals surface area contributed by atoms with Crippen LogP contribution in [0.4, 0.5) is 4.39 Å². The number of halogens is 1. The van der Waals surface area contributed by atoms with Gasteiger partial charge in [-0.05, 0) is 35.9 Å². The number of hydrogen-bond donors (Lipinski definition) is 2. The summed E-state index contributed by atoms with van der Waals surface area (Å²) in [5.41, 5.74) is 0.533. The molecule has 2 aromatic rings. The smallest absolute Gasteiger partial charge is 0.264 e. The van der Waals surface area contributed by atoms with Gasteiger partial charge in [0.15, 0.2) is 0 Å². The molecule has 1 heterocycles. The van der Waals surface area contributed by atoms with Crippen LogP contribution in [0.1, 0.15) is 12.0 Å². The molecule has 2 N–H and O–H groups in total. The monoisotopic (exact) mass is 397 g/mol. The average molecular weight is 397 g/mol. The van der Waals surface area contributed by atoms with E-state index in [-0.39, 0.29) is 11.4 Å². The Morgan fingerprint density at radius 1 is 1.33 bits per heavy atom. The summed E-state index contributed by atoms with van der Waals surface area (Å²) in [5.74, 6) is -0.503. The summed E-state index contributed by atoms with van der Waals surface area (Å²) in [6.07, 6.45) is 2.56. The number of alkyl halides is 1. The van der Waals surface area contributed by atoms with Crippen LogP contribution in [0.3, 0.4) is 0 Å². The van der Waals surface area contributed by atoms with Crippen LogP contribution in [0.25, 0.3) is 0 Å². The van der Waals surface area contributed by atoms with E-state index in [1.54, 1.807) is 12.1 Å². The minimum atomic E-state index is -4.10. The third kappa shape index (κ3) is 5.71. The molecule has 8 nitrogen and oxygen atoms in total. The molecule has 0 bridgehead atoms. The molecule has 1 aromatic carbocycles. The third-order valence-corrected chi connectivity index (χ3v) is 5.16. The van der Waals surface area contributed by atoms with Gasteiger partial charge < -0.3 is 4.74 Å². The van der Waals surface area contributed by atoms with Gasteiger partial charge in [0, 0.05) is 18.8 Å². The van der Waals surface area contributed by atoms with Crippen molar-refractivity contribution in [2.75, 3.05) is 13.8 Å². The zero-order valence-corrected chi connectivity index (χ0v) is 15.4. The van der Waals surface area contributed by atoms with Crippen LogP contribution in [0.15, 0.2) is 53.7 Å². The highest BCUT2D eigenvalue weighted by Gasteiger charge is 2.29. The number of hydrogen-bond acceptors (Lipinski definition) is 6. The Bertz CT molecular complexity index is 847. The second-order valence-electron chi connectivity index (χ2n) is 5.58. The van der Waals surface area contributed by atoms with Crippen LogP contribution < -0.4 is 9.46 Å². The fourth-order valence-electron chi connectivity index (χ4n) is 2.27. The highest BCUT2D eigenvalue weighted by atomic mass is 32.2. The van der Waals surface area contributed by atoms with Crippen LogP contribution >= 0.6 is 0 Å². The summed E-state index contributed by atoms with van der Waals surface area (Å²) in [4.78, 5) is 16.1. The van der Waals surface area contributed by atoms with Crippen LogP contribution in [-0.2, 0) is 21.4 Å². The number of methoxy groups -OCH3 is 1. The zero-order valence-electron chi connectivity index (χ0n) is 14.6. The van der Waals surface area contributed by atoms with E-state index >= 15 is 0 Å². The highest BCUT2D eigenvalue weighted by Crippen LogP contribution is 2.16. The molecular weight excluding hydrogens is 377 g/mol. The summed E-state index contributed by atoms with van der Waals surface area (Å²) in [7, 11) is -2.66. The second-order valence-corrected chi connectivity index (χ2v) is 7.30. The van der Waals surface area contributed by atoms with E-state index in [1.165, 1.54) is 43.8 Å². The molecule has 0 aliphatic rings. The van der Waals surface area contributed by atoms with E-state index in [9.17, 15) is 22.8 Å². The number of nitrogens with one attached hydrogen (secondary N) is 1. The van der Waals surface area contributed by atoms with Crippen molar-refractivity contribution >= 4 is 15.9 Å². The van der Waals surface area contributed by atoms with E-state index in [0.717, 1.165) is 0 Å². The lowest BCUT2D eigenvalue weighted by molar-refractivity contribution is -0.170. The maximum Gasteiger partial charge on any atom is 0.264 e. The van der Waals surface area contributed by atoms with E-state index < -0.39 is 35.1 Å². The molecule has 1 aromatic heterocycles. The molecule has 0 unspecified atom stereocenters. The number of hydroxylamine groups is 2. The Balaban J connectivity index is 2.13. The van der Waals surface area contributed by atoms with Crippen LogP contribution in [0.5, 0.6) is 5.75 Å². The predicted molar refractivity (Wildman–Crippen MR) is 94.3 cm³/mol. The van der Waals surface area contributed by atoms with Gasteiger partial charge in [-0.2, -0.15) is 4.72 Å². The molecule has 0 aliphatic heterocycles. The summed E-state index contributed by atoms with van der Waals surface area (Å²) in [6.45, 7) is -1.15. The first-order valence-electron chi connectivity index (χ1n) is 7.99. The second kappa shape index (κ2) is 9.40. The van der Waals surface area contributed by atoms with Crippen molar-refractivity contribution < 1.29 is 27.5 Å². The highest BCUT2D eigenvalue weighted by molar-refractivity contribution is 7.89. The number of ether oxygens (including phenoxy) is 1. The molecule has 27 heavy (non-hydrogen) atoms. The van der Waals surface area contributed by atoms with E-state index in [1.807, 2.05) is 0 Å². The minimum absolute atomic E-state index is 0.114. The van der Waals surface area contributed by atoms with Gasteiger partial charge in [0.1, 0.15) is 11.8 Å². The van der Waals surface area contributed by atoms with Gasteiger partial charge in [-0.1, -0.05) is 6.07 Å². The Morgan fingerprint density at radius 2 is 2.04 bits per heavy atom. The van der Waals surface area contributed by atoms with Gasteiger partial charge in [-0.25, -0.2) is 13.5 Å². The number of carbonyl (C=O) groups excluding carboxylic acids is 1. The number of amides is 1. The molecule has 1 atom stereocenters. The van der Waals surface area contributed by atoms with Crippen LogP contribution in [0.2, 0.25) is 0 Å². The first kappa shape index (κ1) is 20.7. The van der Waals surface area contributed by atoms with Gasteiger partial charge >= 0.3 is 0 Å². The van der Waals surface area contributed by atoms with Crippen molar-refractivity contribution in [1.29, 1.82) is 0 Å². The lowest BCUT2D eigenvalue weighted by atomic mass is 10.2. The fraction of sp³-hybridized carbons (Fsp3) is 0.294. The van der Waals surface area contributed by atoms with E-state index in [0.29, 0.717) is 16.4 Å². The average Bonchev–Trinajstić information content (AvgIpc) is 2.67. The largest absolute Gasteiger partial charge is 0.497 e. The summed E-state index contributed by atoms with van der Waals surface area (Å²) in [6, 6.07) is 7.29. The number of pyridine rings is 1. The maximum absolute atomic E-state index is 12.9. The standard InChI is InChI=1S/C17H20FN3O5S/c1-26-14-4-6-15(7-5-14)27(24,25)20-16(8-9-18)17(22)21(23)12-13-3-2-10-19-11-13/h2-7,10-11,16,20,23H,8-9,12H2,1H3/t16-/m1/s1. The first-order valence-corrected chi connectivity index (χ1v) is 9.47. The summed E-state index contributed by atoms with van der Waals surface area (Å²) < 4.78 is 44.9. The van der Waals surface area contributed by atoms with Gasteiger partial charge in [0.05, 0.1) is 25.2 Å². The quantitative estimate of drug-likeness (QED) is 0.490. The van der Waals surface area contributed by atoms with Crippen molar-refractivity contribution in [1.82, 2.24) is 14.8 Å². The van der Waals surface area contributed by atoms with Gasteiger partial charge in [-0.15, -0.1) is 0 Å². The molecule has 0 saturated heterocycles. The normalized spacial score (nSPS) is 12.4. The van der Waals surface area contributed by atoms with Gasteiger partial charge in [0.25, 0.3) is 5.91 Å². The SMILES string of the molecule is COc1ccc(S(=O)(=O)N[C@H](CCF)C(=O)N(O)Cc2cccnc2)cc1. The van der Waals surface area contributed by atoms with Crippen molar-refractivity contribution in [3.05, 3.63) is 54.4 Å². The number of sulfonamides is 1. The Kier molecular flexibility index (Phi) is 7.22. The summed E-state index contributed by atoms with van der Waals surface area (Å²) >= 11 is 0. The van der Waals surface area contributed by atoms with Crippen molar-refractivity contribution in [3.63, 3.8) is 0 Å².